The molecular weight excluding hydrogens is 390 g/mol. The number of rotatable bonds is 10. The van der Waals surface area contributed by atoms with Crippen LogP contribution >= 0.6 is 0 Å². The molecule has 1 atom stereocenters. The van der Waals surface area contributed by atoms with E-state index in [1.807, 2.05) is 43.3 Å². The van der Waals surface area contributed by atoms with Gasteiger partial charge in [-0.2, -0.15) is 0 Å². The lowest BCUT2D eigenvalue weighted by Gasteiger charge is -2.11. The standard InChI is InChI=1S/C28H32F2O/c1-4-7-20(2)8-5-6-19-31-24-15-13-23(14-16-24)26-18-17-25(27(29)28(26)30)22-11-9-21(3)10-12-22/h9-18,20H,4-8,19H2,1-3H3. The summed E-state index contributed by atoms with van der Waals surface area (Å²) in [4.78, 5) is 0. The minimum atomic E-state index is -0.826. The summed E-state index contributed by atoms with van der Waals surface area (Å²) in [5.74, 6) is -0.119. The summed E-state index contributed by atoms with van der Waals surface area (Å²) in [6.45, 7) is 7.16. The van der Waals surface area contributed by atoms with Crippen LogP contribution in [0.4, 0.5) is 8.78 Å². The van der Waals surface area contributed by atoms with E-state index in [-0.39, 0.29) is 11.1 Å². The fourth-order valence-electron chi connectivity index (χ4n) is 3.88. The molecule has 1 unspecified atom stereocenters. The molecular formula is C28H32F2O. The van der Waals surface area contributed by atoms with E-state index in [1.54, 1.807) is 24.3 Å². The lowest BCUT2D eigenvalue weighted by atomic mass is 9.98. The highest BCUT2D eigenvalue weighted by Gasteiger charge is 2.16. The van der Waals surface area contributed by atoms with Crippen LogP contribution in [0, 0.1) is 24.5 Å². The number of aryl methyl sites for hydroxylation is 1. The van der Waals surface area contributed by atoms with Crippen molar-refractivity contribution >= 4 is 0 Å². The minimum Gasteiger partial charge on any atom is -0.494 e. The molecule has 0 fully saturated rings. The van der Waals surface area contributed by atoms with Crippen LogP contribution in [-0.4, -0.2) is 6.61 Å². The fourth-order valence-corrected chi connectivity index (χ4v) is 3.88. The van der Waals surface area contributed by atoms with Crippen LogP contribution < -0.4 is 4.74 Å². The summed E-state index contributed by atoms with van der Waals surface area (Å²) in [5.41, 5.74) is 2.91. The van der Waals surface area contributed by atoms with Crippen LogP contribution in [-0.2, 0) is 0 Å². The van der Waals surface area contributed by atoms with Crippen molar-refractivity contribution in [3.63, 3.8) is 0 Å². The van der Waals surface area contributed by atoms with Gasteiger partial charge in [-0.15, -0.1) is 0 Å². The third-order valence-electron chi connectivity index (χ3n) is 5.75. The predicted octanol–water partition coefficient (Wildman–Crippen LogP) is 8.59. The van der Waals surface area contributed by atoms with E-state index in [0.29, 0.717) is 17.7 Å². The van der Waals surface area contributed by atoms with Crippen molar-refractivity contribution in [3.05, 3.63) is 77.9 Å². The Morgan fingerprint density at radius 2 is 1.29 bits per heavy atom. The van der Waals surface area contributed by atoms with Crippen LogP contribution in [0.15, 0.2) is 60.7 Å². The van der Waals surface area contributed by atoms with E-state index in [0.717, 1.165) is 30.1 Å². The van der Waals surface area contributed by atoms with Gasteiger partial charge >= 0.3 is 0 Å². The first-order valence-corrected chi connectivity index (χ1v) is 11.3. The molecule has 0 aliphatic rings. The first kappa shape index (κ1) is 23.0. The second-order valence-electron chi connectivity index (χ2n) is 8.42. The highest BCUT2D eigenvalue weighted by molar-refractivity contribution is 5.72. The highest BCUT2D eigenvalue weighted by Crippen LogP contribution is 2.32. The van der Waals surface area contributed by atoms with Crippen molar-refractivity contribution in [1.82, 2.24) is 0 Å². The largest absolute Gasteiger partial charge is 0.494 e. The van der Waals surface area contributed by atoms with Crippen LogP contribution in [0.5, 0.6) is 5.75 Å². The van der Waals surface area contributed by atoms with E-state index in [4.69, 9.17) is 4.74 Å². The van der Waals surface area contributed by atoms with E-state index in [9.17, 15) is 8.78 Å². The average molecular weight is 423 g/mol. The quantitative estimate of drug-likeness (QED) is 0.297. The van der Waals surface area contributed by atoms with Gasteiger partial charge in [-0.25, -0.2) is 8.78 Å². The maximum atomic E-state index is 14.8. The van der Waals surface area contributed by atoms with Crippen molar-refractivity contribution in [1.29, 1.82) is 0 Å². The van der Waals surface area contributed by atoms with Gasteiger partial charge in [0.1, 0.15) is 5.75 Å². The third kappa shape index (κ3) is 6.16. The molecule has 0 bridgehead atoms. The summed E-state index contributed by atoms with van der Waals surface area (Å²) in [6.07, 6.45) is 5.95. The molecule has 164 valence electrons. The van der Waals surface area contributed by atoms with Crippen LogP contribution in [0.3, 0.4) is 0 Å². The number of ether oxygens (including phenoxy) is 1. The van der Waals surface area contributed by atoms with E-state index in [2.05, 4.69) is 13.8 Å². The molecule has 3 heteroatoms. The van der Waals surface area contributed by atoms with Crippen molar-refractivity contribution in [2.75, 3.05) is 6.61 Å². The van der Waals surface area contributed by atoms with Crippen LogP contribution in [0.25, 0.3) is 22.3 Å². The SMILES string of the molecule is CCCC(C)CCCCOc1ccc(-c2ccc(-c3ccc(C)cc3)c(F)c2F)cc1. The molecule has 0 saturated carbocycles. The molecule has 0 spiro atoms. The van der Waals surface area contributed by atoms with Gasteiger partial charge in [-0.3, -0.25) is 0 Å². The average Bonchev–Trinajstić information content (AvgIpc) is 2.77. The van der Waals surface area contributed by atoms with Crippen LogP contribution in [0.2, 0.25) is 0 Å². The second kappa shape index (κ2) is 11.1. The fraction of sp³-hybridized carbons (Fsp3) is 0.357. The van der Waals surface area contributed by atoms with Crippen molar-refractivity contribution in [3.8, 4) is 28.0 Å². The van der Waals surface area contributed by atoms with Crippen molar-refractivity contribution in [2.24, 2.45) is 5.92 Å². The van der Waals surface area contributed by atoms with Gasteiger partial charge in [0.15, 0.2) is 11.6 Å². The number of halogens is 2. The zero-order chi connectivity index (χ0) is 22.2. The first-order valence-electron chi connectivity index (χ1n) is 11.3. The minimum absolute atomic E-state index is 0.254. The second-order valence-corrected chi connectivity index (χ2v) is 8.42. The third-order valence-corrected chi connectivity index (χ3v) is 5.75. The predicted molar refractivity (Wildman–Crippen MR) is 125 cm³/mol. The number of hydrogen-bond acceptors (Lipinski definition) is 1. The molecule has 0 heterocycles. The van der Waals surface area contributed by atoms with Gasteiger partial charge in [0.25, 0.3) is 0 Å². The summed E-state index contributed by atoms with van der Waals surface area (Å²) in [6, 6.07) is 17.9. The summed E-state index contributed by atoms with van der Waals surface area (Å²) in [5, 5.41) is 0. The van der Waals surface area contributed by atoms with Gasteiger partial charge in [-0.1, -0.05) is 87.2 Å². The molecule has 0 aliphatic heterocycles. The highest BCUT2D eigenvalue weighted by atomic mass is 19.2. The van der Waals surface area contributed by atoms with E-state index >= 15 is 0 Å². The Morgan fingerprint density at radius 3 is 1.84 bits per heavy atom. The van der Waals surface area contributed by atoms with Gasteiger partial charge in [0.05, 0.1) is 6.61 Å². The Morgan fingerprint density at radius 1 is 0.742 bits per heavy atom. The molecule has 31 heavy (non-hydrogen) atoms. The smallest absolute Gasteiger partial charge is 0.167 e. The summed E-state index contributed by atoms with van der Waals surface area (Å²) >= 11 is 0. The Kier molecular flexibility index (Phi) is 8.22. The molecule has 0 aromatic heterocycles. The van der Waals surface area contributed by atoms with Crippen molar-refractivity contribution in [2.45, 2.75) is 52.9 Å². The van der Waals surface area contributed by atoms with Gasteiger partial charge < -0.3 is 4.74 Å². The Balaban J connectivity index is 1.62. The summed E-state index contributed by atoms with van der Waals surface area (Å²) < 4.78 is 35.4. The monoisotopic (exact) mass is 422 g/mol. The normalized spacial score (nSPS) is 12.0. The maximum absolute atomic E-state index is 14.8. The molecule has 0 saturated heterocycles. The number of hydrogen-bond donors (Lipinski definition) is 0. The lowest BCUT2D eigenvalue weighted by molar-refractivity contribution is 0.299. The molecule has 3 rings (SSSR count). The summed E-state index contributed by atoms with van der Waals surface area (Å²) in [7, 11) is 0. The first-order chi connectivity index (χ1) is 15.0. The van der Waals surface area contributed by atoms with Gasteiger partial charge in [-0.05, 0) is 48.9 Å². The molecule has 0 radical (unpaired) electrons. The molecule has 0 N–H and O–H groups in total. The molecule has 1 nitrogen and oxygen atoms in total. The zero-order valence-corrected chi connectivity index (χ0v) is 18.8. The number of unbranched alkanes of at least 4 members (excludes halogenated alkanes) is 1. The topological polar surface area (TPSA) is 9.23 Å². The van der Waals surface area contributed by atoms with Crippen LogP contribution in [0.1, 0.15) is 51.5 Å². The van der Waals surface area contributed by atoms with Crippen molar-refractivity contribution < 1.29 is 13.5 Å². The van der Waals surface area contributed by atoms with Gasteiger partial charge in [0, 0.05) is 11.1 Å². The van der Waals surface area contributed by atoms with Gasteiger partial charge in [0.2, 0.25) is 0 Å². The molecule has 3 aromatic rings. The Hall–Kier alpha value is -2.68. The molecule has 0 amide bonds. The Bertz CT molecular complexity index is 962. The number of benzene rings is 3. The lowest BCUT2D eigenvalue weighted by Crippen LogP contribution is -2.00. The maximum Gasteiger partial charge on any atom is 0.167 e. The molecule has 0 aliphatic carbocycles. The Labute approximate surface area is 185 Å². The van der Waals surface area contributed by atoms with E-state index < -0.39 is 11.6 Å². The molecule has 3 aromatic carbocycles. The van der Waals surface area contributed by atoms with E-state index in [1.165, 1.54) is 19.3 Å². The zero-order valence-electron chi connectivity index (χ0n) is 18.8.